The van der Waals surface area contributed by atoms with Gasteiger partial charge in [-0.2, -0.15) is 0 Å². The summed E-state index contributed by atoms with van der Waals surface area (Å²) in [5.41, 5.74) is -0.944. The van der Waals surface area contributed by atoms with E-state index in [9.17, 15) is 23.3 Å². The monoisotopic (exact) mass is 319 g/mol. The van der Waals surface area contributed by atoms with E-state index >= 15 is 0 Å². The Kier molecular flexibility index (Phi) is 4.99. The first-order valence-corrected chi connectivity index (χ1v) is 6.74. The molecule has 1 atom stereocenters. The summed E-state index contributed by atoms with van der Waals surface area (Å²) in [7, 11) is 0. The molecule has 122 valence electrons. The highest BCUT2D eigenvalue weighted by Crippen LogP contribution is 2.38. The summed E-state index contributed by atoms with van der Waals surface area (Å²) in [4.78, 5) is 11.4. The zero-order chi connectivity index (χ0) is 16.3. The van der Waals surface area contributed by atoms with E-state index in [2.05, 4.69) is 5.32 Å². The molecule has 2 N–H and O–H groups in total. The number of hydrogen-bond donors (Lipinski definition) is 2. The van der Waals surface area contributed by atoms with Crippen LogP contribution in [0.25, 0.3) is 0 Å². The van der Waals surface area contributed by atoms with Crippen LogP contribution in [0.5, 0.6) is 0 Å². The topological polar surface area (TPSA) is 78.6 Å². The minimum absolute atomic E-state index is 0.225. The van der Waals surface area contributed by atoms with Crippen molar-refractivity contribution in [3.63, 3.8) is 0 Å². The molecule has 22 heavy (non-hydrogen) atoms. The van der Waals surface area contributed by atoms with E-state index in [4.69, 9.17) is 5.11 Å². The number of nitrogens with zero attached hydrogens (tertiary/aromatic N) is 2. The number of nitro groups is 1. The Morgan fingerprint density at radius 1 is 1.41 bits per heavy atom. The van der Waals surface area contributed by atoms with Crippen LogP contribution in [0.2, 0.25) is 0 Å². The molecule has 0 aromatic heterocycles. The second kappa shape index (κ2) is 6.59. The maximum atomic E-state index is 14.2. The number of benzene rings is 1. The lowest BCUT2D eigenvalue weighted by molar-refractivity contribution is -0.385. The Bertz CT molecular complexity index is 551. The lowest BCUT2D eigenvalue weighted by Gasteiger charge is -2.38. The third-order valence-electron chi connectivity index (χ3n) is 3.61. The van der Waals surface area contributed by atoms with Gasteiger partial charge in [-0.25, -0.2) is 13.2 Å². The van der Waals surface area contributed by atoms with E-state index in [1.54, 1.807) is 0 Å². The van der Waals surface area contributed by atoms with E-state index in [0.29, 0.717) is 13.1 Å². The number of non-ortho nitro benzene ring substituents is 1. The van der Waals surface area contributed by atoms with Gasteiger partial charge in [-0.1, -0.05) is 0 Å². The van der Waals surface area contributed by atoms with E-state index in [1.807, 2.05) is 0 Å². The highest BCUT2D eigenvalue weighted by molar-refractivity contribution is 5.38. The van der Waals surface area contributed by atoms with Crippen molar-refractivity contribution < 1.29 is 23.2 Å². The predicted molar refractivity (Wildman–Crippen MR) is 72.3 cm³/mol. The van der Waals surface area contributed by atoms with Crippen molar-refractivity contribution in [1.82, 2.24) is 10.2 Å². The van der Waals surface area contributed by atoms with Gasteiger partial charge in [-0.15, -0.1) is 0 Å². The standard InChI is InChI=1S/C13H16F3N3O3/c14-11-2-1-9(19(21)22)7-10(11)12(13(15,16)8-20)18-5-3-17-4-6-18/h1-2,7,12,17,20H,3-6,8H2/t12-/m1/s1. The second-order valence-corrected chi connectivity index (χ2v) is 5.07. The normalized spacial score (nSPS) is 18.2. The Labute approximate surface area is 124 Å². The molecule has 6 nitrogen and oxygen atoms in total. The maximum Gasteiger partial charge on any atom is 0.290 e. The van der Waals surface area contributed by atoms with E-state index < -0.39 is 40.6 Å². The van der Waals surface area contributed by atoms with Crippen LogP contribution in [0.1, 0.15) is 11.6 Å². The minimum Gasteiger partial charge on any atom is -0.390 e. The Balaban J connectivity index is 2.48. The number of aliphatic hydroxyl groups excluding tert-OH is 1. The zero-order valence-electron chi connectivity index (χ0n) is 11.6. The highest BCUT2D eigenvalue weighted by atomic mass is 19.3. The maximum absolute atomic E-state index is 14.2. The molecule has 0 aliphatic carbocycles. The number of piperazine rings is 1. The van der Waals surface area contributed by atoms with Crippen LogP contribution in [0, 0.1) is 15.9 Å². The summed E-state index contributed by atoms with van der Waals surface area (Å²) in [6.45, 7) is -0.141. The first-order valence-electron chi connectivity index (χ1n) is 6.74. The van der Waals surface area contributed by atoms with E-state index in [1.165, 1.54) is 4.90 Å². The Morgan fingerprint density at radius 3 is 2.59 bits per heavy atom. The largest absolute Gasteiger partial charge is 0.390 e. The molecular weight excluding hydrogens is 303 g/mol. The van der Waals surface area contributed by atoms with Gasteiger partial charge in [0, 0.05) is 43.9 Å². The number of aliphatic hydroxyl groups is 1. The van der Waals surface area contributed by atoms with Crippen LogP contribution in [-0.4, -0.2) is 53.6 Å². The smallest absolute Gasteiger partial charge is 0.290 e. The molecule has 9 heteroatoms. The van der Waals surface area contributed by atoms with Crippen LogP contribution in [-0.2, 0) is 0 Å². The summed E-state index contributed by atoms with van der Waals surface area (Å²) in [6.07, 6.45) is 0. The molecule has 0 saturated carbocycles. The van der Waals surface area contributed by atoms with Crippen LogP contribution in [0.3, 0.4) is 0 Å². The van der Waals surface area contributed by atoms with Crippen molar-refractivity contribution in [1.29, 1.82) is 0 Å². The van der Waals surface area contributed by atoms with Crippen molar-refractivity contribution in [2.75, 3.05) is 32.8 Å². The zero-order valence-corrected chi connectivity index (χ0v) is 11.6. The molecule has 2 rings (SSSR count). The molecule has 1 aliphatic rings. The molecular formula is C13H16F3N3O3. The summed E-state index contributed by atoms with van der Waals surface area (Å²) >= 11 is 0. The summed E-state index contributed by atoms with van der Waals surface area (Å²) in [5, 5.41) is 22.8. The Morgan fingerprint density at radius 2 is 2.05 bits per heavy atom. The SMILES string of the molecule is O=[N+]([O-])c1ccc(F)c([C@@H](N2CCNCC2)C(F)(F)CO)c1. The molecule has 0 radical (unpaired) electrons. The summed E-state index contributed by atoms with van der Waals surface area (Å²) in [6, 6.07) is 0.784. The van der Waals surface area contributed by atoms with Gasteiger partial charge in [0.05, 0.1) is 4.92 Å². The first kappa shape index (κ1) is 16.7. The summed E-state index contributed by atoms with van der Waals surface area (Å²) < 4.78 is 42.3. The van der Waals surface area contributed by atoms with Crippen molar-refractivity contribution >= 4 is 5.69 Å². The van der Waals surface area contributed by atoms with Gasteiger partial charge in [0.2, 0.25) is 0 Å². The fourth-order valence-corrected chi connectivity index (χ4v) is 2.57. The van der Waals surface area contributed by atoms with Crippen molar-refractivity contribution in [3.8, 4) is 0 Å². The summed E-state index contributed by atoms with van der Waals surface area (Å²) in [5.74, 6) is -4.57. The van der Waals surface area contributed by atoms with Gasteiger partial charge >= 0.3 is 0 Å². The molecule has 1 aliphatic heterocycles. The third-order valence-corrected chi connectivity index (χ3v) is 3.61. The number of rotatable bonds is 5. The Hall–Kier alpha value is -1.71. The van der Waals surface area contributed by atoms with Gasteiger partial charge in [0.25, 0.3) is 11.6 Å². The first-order chi connectivity index (χ1) is 10.4. The van der Waals surface area contributed by atoms with Gasteiger partial charge in [0.15, 0.2) is 0 Å². The number of nitrogens with one attached hydrogen (secondary N) is 1. The molecule has 0 bridgehead atoms. The average molecular weight is 319 g/mol. The lowest BCUT2D eigenvalue weighted by Crippen LogP contribution is -2.51. The van der Waals surface area contributed by atoms with Gasteiger partial charge in [-0.05, 0) is 6.07 Å². The quantitative estimate of drug-likeness (QED) is 0.632. The van der Waals surface area contributed by atoms with Crippen molar-refractivity contribution in [3.05, 3.63) is 39.7 Å². The molecule has 1 aromatic carbocycles. The molecule has 1 heterocycles. The van der Waals surface area contributed by atoms with Crippen LogP contribution in [0.4, 0.5) is 18.9 Å². The van der Waals surface area contributed by atoms with Crippen LogP contribution >= 0.6 is 0 Å². The number of alkyl halides is 2. The third kappa shape index (κ3) is 3.37. The molecule has 1 saturated heterocycles. The van der Waals surface area contributed by atoms with Crippen LogP contribution < -0.4 is 5.32 Å². The number of nitro benzene ring substituents is 1. The average Bonchev–Trinajstić information content (AvgIpc) is 2.50. The van der Waals surface area contributed by atoms with Gasteiger partial charge < -0.3 is 10.4 Å². The predicted octanol–water partition coefficient (Wildman–Crippen LogP) is 1.31. The fourth-order valence-electron chi connectivity index (χ4n) is 2.57. The molecule has 0 unspecified atom stereocenters. The fraction of sp³-hybridized carbons (Fsp3) is 0.538. The molecule has 1 aromatic rings. The van der Waals surface area contributed by atoms with E-state index in [0.717, 1.165) is 18.2 Å². The molecule has 0 amide bonds. The van der Waals surface area contributed by atoms with E-state index in [-0.39, 0.29) is 13.1 Å². The van der Waals surface area contributed by atoms with Gasteiger partial charge in [-0.3, -0.25) is 15.0 Å². The molecule has 1 fully saturated rings. The van der Waals surface area contributed by atoms with Gasteiger partial charge in [0.1, 0.15) is 18.5 Å². The minimum atomic E-state index is -3.62. The molecule has 0 spiro atoms. The lowest BCUT2D eigenvalue weighted by atomic mass is 9.97. The van der Waals surface area contributed by atoms with Crippen molar-refractivity contribution in [2.45, 2.75) is 12.0 Å². The number of hydrogen-bond acceptors (Lipinski definition) is 5. The van der Waals surface area contributed by atoms with Crippen LogP contribution in [0.15, 0.2) is 18.2 Å². The van der Waals surface area contributed by atoms with Crippen molar-refractivity contribution in [2.24, 2.45) is 0 Å². The highest BCUT2D eigenvalue weighted by Gasteiger charge is 2.45. The second-order valence-electron chi connectivity index (χ2n) is 5.07. The number of halogens is 3.